The van der Waals surface area contributed by atoms with Gasteiger partial charge in [0.25, 0.3) is 11.6 Å². The van der Waals surface area contributed by atoms with Crippen molar-refractivity contribution < 1.29 is 27.6 Å². The smallest absolute Gasteiger partial charge is 0.350 e. The fourth-order valence-electron chi connectivity index (χ4n) is 2.02. The average Bonchev–Trinajstić information content (AvgIpc) is 2.93. The van der Waals surface area contributed by atoms with Crippen molar-refractivity contribution in [2.24, 2.45) is 0 Å². The number of nitro benzene ring substituents is 1. The number of amides is 1. The largest absolute Gasteiger partial charge is 0.411 e. The number of benzene rings is 1. The van der Waals surface area contributed by atoms with E-state index in [1.54, 1.807) is 0 Å². The molecule has 134 valence electrons. The molecule has 8 nitrogen and oxygen atoms in total. The van der Waals surface area contributed by atoms with Gasteiger partial charge in [-0.05, 0) is 13.0 Å². The standard InChI is InChI=1S/C14H13F3N4O4/c1-9-11(3-2-4-12(9)21(23)24)13(22)19-10-5-18-20(6-10)8-25-7-14(15,16)17/h2-6H,7-8H2,1H3,(H,19,22). The van der Waals surface area contributed by atoms with Crippen molar-refractivity contribution in [3.05, 3.63) is 51.8 Å². The number of nitrogens with one attached hydrogen (secondary N) is 1. The van der Waals surface area contributed by atoms with E-state index in [1.165, 1.54) is 37.5 Å². The van der Waals surface area contributed by atoms with Crippen LogP contribution in [0.2, 0.25) is 0 Å². The van der Waals surface area contributed by atoms with Crippen LogP contribution in [0.4, 0.5) is 24.5 Å². The quantitative estimate of drug-likeness (QED) is 0.632. The molecule has 25 heavy (non-hydrogen) atoms. The van der Waals surface area contributed by atoms with E-state index in [1.807, 2.05) is 0 Å². The Morgan fingerprint density at radius 2 is 2.16 bits per heavy atom. The van der Waals surface area contributed by atoms with Crippen molar-refractivity contribution in [3.63, 3.8) is 0 Å². The Kier molecular flexibility index (Phi) is 5.37. The average molecular weight is 358 g/mol. The lowest BCUT2D eigenvalue weighted by molar-refractivity contribution is -0.385. The Hall–Kier alpha value is -2.95. The molecule has 0 saturated heterocycles. The molecule has 0 aliphatic rings. The molecule has 2 rings (SSSR count). The number of nitrogens with zero attached hydrogens (tertiary/aromatic N) is 3. The van der Waals surface area contributed by atoms with Crippen LogP contribution in [0, 0.1) is 17.0 Å². The second-order valence-electron chi connectivity index (χ2n) is 5.02. The van der Waals surface area contributed by atoms with Crippen LogP contribution in [0.1, 0.15) is 15.9 Å². The first-order valence-corrected chi connectivity index (χ1v) is 6.89. The fourth-order valence-corrected chi connectivity index (χ4v) is 2.02. The summed E-state index contributed by atoms with van der Waals surface area (Å²) in [5.41, 5.74) is 0.330. The van der Waals surface area contributed by atoms with Gasteiger partial charge >= 0.3 is 6.18 Å². The Balaban J connectivity index is 2.02. The summed E-state index contributed by atoms with van der Waals surface area (Å²) < 4.78 is 41.5. The summed E-state index contributed by atoms with van der Waals surface area (Å²) in [4.78, 5) is 22.5. The number of hydrogen-bond donors (Lipinski definition) is 1. The zero-order valence-electron chi connectivity index (χ0n) is 12.9. The molecule has 1 aromatic heterocycles. The number of ether oxygens (including phenoxy) is 1. The SMILES string of the molecule is Cc1c(C(=O)Nc2cnn(COCC(F)(F)F)c2)cccc1[N+](=O)[O-]. The molecule has 0 radical (unpaired) electrons. The molecule has 1 aromatic carbocycles. The first-order chi connectivity index (χ1) is 11.7. The number of anilines is 1. The normalized spacial score (nSPS) is 11.4. The summed E-state index contributed by atoms with van der Waals surface area (Å²) in [6.45, 7) is -0.409. The minimum Gasteiger partial charge on any atom is -0.350 e. The van der Waals surface area contributed by atoms with Crippen LogP contribution < -0.4 is 5.32 Å². The van der Waals surface area contributed by atoms with Crippen LogP contribution in [0.5, 0.6) is 0 Å². The Morgan fingerprint density at radius 1 is 1.44 bits per heavy atom. The highest BCUT2D eigenvalue weighted by molar-refractivity contribution is 6.05. The molecule has 0 aliphatic heterocycles. The molecule has 0 fully saturated rings. The maximum absolute atomic E-state index is 12.2. The van der Waals surface area contributed by atoms with Crippen LogP contribution in [-0.4, -0.2) is 33.4 Å². The monoisotopic (exact) mass is 358 g/mol. The van der Waals surface area contributed by atoms with Gasteiger partial charge in [-0.25, -0.2) is 4.68 Å². The van der Waals surface area contributed by atoms with Gasteiger partial charge < -0.3 is 10.1 Å². The van der Waals surface area contributed by atoms with Crippen molar-refractivity contribution in [1.82, 2.24) is 9.78 Å². The van der Waals surface area contributed by atoms with E-state index in [0.29, 0.717) is 0 Å². The van der Waals surface area contributed by atoms with Gasteiger partial charge in [-0.15, -0.1) is 0 Å². The lowest BCUT2D eigenvalue weighted by atomic mass is 10.1. The van der Waals surface area contributed by atoms with E-state index >= 15 is 0 Å². The molecule has 11 heteroatoms. The lowest BCUT2D eigenvalue weighted by Crippen LogP contribution is -2.18. The first-order valence-electron chi connectivity index (χ1n) is 6.89. The molecule has 0 spiro atoms. The van der Waals surface area contributed by atoms with Crippen molar-refractivity contribution in [2.45, 2.75) is 19.8 Å². The molecule has 0 bridgehead atoms. The van der Waals surface area contributed by atoms with Crippen molar-refractivity contribution in [3.8, 4) is 0 Å². The van der Waals surface area contributed by atoms with Gasteiger partial charge in [-0.3, -0.25) is 14.9 Å². The topological polar surface area (TPSA) is 99.3 Å². The van der Waals surface area contributed by atoms with Crippen LogP contribution in [0.25, 0.3) is 0 Å². The predicted molar refractivity (Wildman–Crippen MR) is 80.0 cm³/mol. The number of nitro groups is 1. The highest BCUT2D eigenvalue weighted by Crippen LogP contribution is 2.22. The molecule has 2 aromatic rings. The number of alkyl halides is 3. The van der Waals surface area contributed by atoms with E-state index in [9.17, 15) is 28.1 Å². The Morgan fingerprint density at radius 3 is 2.80 bits per heavy atom. The number of carbonyl (C=O) groups is 1. The van der Waals surface area contributed by atoms with E-state index in [4.69, 9.17) is 0 Å². The minimum absolute atomic E-state index is 0.107. The van der Waals surface area contributed by atoms with Crippen LogP contribution in [-0.2, 0) is 11.5 Å². The molecule has 0 unspecified atom stereocenters. The Bertz CT molecular complexity index is 789. The van der Waals surface area contributed by atoms with E-state index in [0.717, 1.165) is 4.68 Å². The van der Waals surface area contributed by atoms with Gasteiger partial charge in [0.05, 0.1) is 23.0 Å². The van der Waals surface area contributed by atoms with Crippen molar-refractivity contribution in [1.29, 1.82) is 0 Å². The number of carbonyl (C=O) groups excluding carboxylic acids is 1. The lowest BCUT2D eigenvalue weighted by Gasteiger charge is -2.07. The zero-order chi connectivity index (χ0) is 18.6. The van der Waals surface area contributed by atoms with E-state index < -0.39 is 30.3 Å². The molecular weight excluding hydrogens is 345 g/mol. The number of halogens is 3. The molecule has 0 aliphatic carbocycles. The predicted octanol–water partition coefficient (Wildman–Crippen LogP) is 2.89. The van der Waals surface area contributed by atoms with Crippen LogP contribution in [0.3, 0.4) is 0 Å². The highest BCUT2D eigenvalue weighted by atomic mass is 19.4. The zero-order valence-corrected chi connectivity index (χ0v) is 12.9. The fraction of sp³-hybridized carbons (Fsp3) is 0.286. The second-order valence-corrected chi connectivity index (χ2v) is 5.02. The van der Waals surface area contributed by atoms with Gasteiger partial charge in [0.15, 0.2) is 0 Å². The summed E-state index contributed by atoms with van der Waals surface area (Å²) in [6, 6.07) is 4.09. The highest BCUT2D eigenvalue weighted by Gasteiger charge is 2.27. The minimum atomic E-state index is -4.44. The maximum atomic E-state index is 12.2. The van der Waals surface area contributed by atoms with Crippen molar-refractivity contribution in [2.75, 3.05) is 11.9 Å². The van der Waals surface area contributed by atoms with Crippen LogP contribution >= 0.6 is 0 Å². The molecule has 1 N–H and O–H groups in total. The van der Waals surface area contributed by atoms with Gasteiger partial charge in [0.1, 0.15) is 13.3 Å². The summed E-state index contributed by atoms with van der Waals surface area (Å²) in [5, 5.41) is 17.1. The molecule has 0 atom stereocenters. The third kappa shape index (κ3) is 5.01. The summed E-state index contributed by atoms with van der Waals surface area (Å²) >= 11 is 0. The third-order valence-electron chi connectivity index (χ3n) is 3.13. The first kappa shape index (κ1) is 18.4. The van der Waals surface area contributed by atoms with E-state index in [-0.39, 0.29) is 22.5 Å². The van der Waals surface area contributed by atoms with Gasteiger partial charge in [0.2, 0.25) is 0 Å². The van der Waals surface area contributed by atoms with Crippen LogP contribution in [0.15, 0.2) is 30.6 Å². The van der Waals surface area contributed by atoms with Gasteiger partial charge in [-0.1, -0.05) is 6.07 Å². The summed E-state index contributed by atoms with van der Waals surface area (Å²) in [5.74, 6) is -0.600. The molecule has 1 heterocycles. The maximum Gasteiger partial charge on any atom is 0.411 e. The summed E-state index contributed by atoms with van der Waals surface area (Å²) in [6.07, 6.45) is -1.94. The van der Waals surface area contributed by atoms with Gasteiger partial charge in [0, 0.05) is 17.2 Å². The third-order valence-corrected chi connectivity index (χ3v) is 3.13. The summed E-state index contributed by atoms with van der Waals surface area (Å²) in [7, 11) is 0. The van der Waals surface area contributed by atoms with E-state index in [2.05, 4.69) is 15.2 Å². The number of aromatic nitrogens is 2. The molecule has 0 saturated carbocycles. The number of hydrogen-bond acceptors (Lipinski definition) is 5. The number of rotatable bonds is 6. The van der Waals surface area contributed by atoms with Gasteiger partial charge in [-0.2, -0.15) is 18.3 Å². The molecular formula is C14H13F3N4O4. The Labute approximate surface area is 139 Å². The van der Waals surface area contributed by atoms with Crippen molar-refractivity contribution >= 4 is 17.3 Å². The molecule has 1 amide bonds. The second kappa shape index (κ2) is 7.30.